The normalized spacial score (nSPS) is 19.6. The lowest BCUT2D eigenvalue weighted by molar-refractivity contribution is -0.941. The van der Waals surface area contributed by atoms with Crippen molar-refractivity contribution in [2.24, 2.45) is 0 Å². The van der Waals surface area contributed by atoms with Gasteiger partial charge in [-0.2, -0.15) is 0 Å². The van der Waals surface area contributed by atoms with E-state index in [0.717, 1.165) is 83.5 Å². The van der Waals surface area contributed by atoms with Crippen molar-refractivity contribution in [3.8, 4) is 46.0 Å². The maximum absolute atomic E-state index is 12.8. The number of hydrogen-bond acceptors (Lipinski definition) is 12. The van der Waals surface area contributed by atoms with Crippen molar-refractivity contribution in [1.29, 1.82) is 0 Å². The molecule has 14 nitrogen and oxygen atoms in total. The average molecular weight is 941 g/mol. The van der Waals surface area contributed by atoms with Crippen LogP contribution in [0, 0.1) is 0 Å². The molecule has 6 rings (SSSR count). The zero-order chi connectivity index (χ0) is 48.8. The Morgan fingerprint density at radius 2 is 0.824 bits per heavy atom. The van der Waals surface area contributed by atoms with Crippen molar-refractivity contribution in [3.05, 3.63) is 106 Å². The maximum Gasteiger partial charge on any atom is 0.309 e. The predicted octanol–water partition coefficient (Wildman–Crippen LogP) is 8.23. The van der Waals surface area contributed by atoms with Crippen LogP contribution in [0.3, 0.4) is 0 Å². The van der Waals surface area contributed by atoms with E-state index in [1.54, 1.807) is 69.0 Å². The molecule has 0 fully saturated rings. The third-order valence-electron chi connectivity index (χ3n) is 13.9. The molecule has 0 radical (unpaired) electrons. The van der Waals surface area contributed by atoms with Gasteiger partial charge in [-0.25, -0.2) is 0 Å². The highest BCUT2D eigenvalue weighted by Crippen LogP contribution is 2.45. The van der Waals surface area contributed by atoms with Crippen LogP contribution in [0.2, 0.25) is 0 Å². The SMILES string of the molecule is COc1ccc(C[C@@H]2c3cc(OC)c(OC)cc3CC[N@+]2(C)CCCOC(=O)C/C=C/CC(=O)OCCC[N@+]2(C)CCc3cc(OC)c(OC)cc3[C@@H]2Cc2ccc(OC)c(OC)c2)cc1OC. The Morgan fingerprint density at radius 1 is 0.485 bits per heavy atom. The summed E-state index contributed by atoms with van der Waals surface area (Å²) in [7, 11) is 17.8. The lowest BCUT2D eigenvalue weighted by Gasteiger charge is -2.46. The zero-order valence-electron chi connectivity index (χ0n) is 41.8. The van der Waals surface area contributed by atoms with Gasteiger partial charge in [0.1, 0.15) is 12.1 Å². The Bertz CT molecular complexity index is 2220. The van der Waals surface area contributed by atoms with E-state index in [2.05, 4.69) is 50.5 Å². The first kappa shape index (κ1) is 51.3. The molecule has 0 saturated heterocycles. The second-order valence-electron chi connectivity index (χ2n) is 18.0. The van der Waals surface area contributed by atoms with Crippen molar-refractivity contribution in [3.63, 3.8) is 0 Å². The van der Waals surface area contributed by atoms with Crippen LogP contribution in [0.5, 0.6) is 46.0 Å². The molecule has 0 amide bonds. The molecule has 0 aromatic heterocycles. The van der Waals surface area contributed by atoms with Gasteiger partial charge in [-0.05, 0) is 70.8 Å². The van der Waals surface area contributed by atoms with Gasteiger partial charge in [0.25, 0.3) is 0 Å². The first-order valence-corrected chi connectivity index (χ1v) is 23.4. The smallest absolute Gasteiger partial charge is 0.309 e. The number of quaternary nitrogens is 2. The van der Waals surface area contributed by atoms with E-state index in [1.807, 2.05) is 24.3 Å². The third kappa shape index (κ3) is 12.1. The van der Waals surface area contributed by atoms with Gasteiger partial charge in [0, 0.05) is 49.7 Å². The predicted molar refractivity (Wildman–Crippen MR) is 260 cm³/mol. The molecule has 2 aliphatic heterocycles. The topological polar surface area (TPSA) is 126 Å². The Labute approximate surface area is 402 Å². The summed E-state index contributed by atoms with van der Waals surface area (Å²) in [5, 5.41) is 0. The van der Waals surface area contributed by atoms with Crippen molar-refractivity contribution >= 4 is 11.9 Å². The molecule has 14 heteroatoms. The monoisotopic (exact) mass is 941 g/mol. The second-order valence-corrected chi connectivity index (χ2v) is 18.0. The van der Waals surface area contributed by atoms with E-state index in [1.165, 1.54) is 22.3 Å². The maximum atomic E-state index is 12.8. The number of carbonyl (C=O) groups excluding carboxylic acids is 2. The Balaban J connectivity index is 0.986. The van der Waals surface area contributed by atoms with E-state index < -0.39 is 0 Å². The molecule has 0 unspecified atom stereocenters. The van der Waals surface area contributed by atoms with Gasteiger partial charge in [0.15, 0.2) is 46.0 Å². The molecule has 0 aliphatic carbocycles. The van der Waals surface area contributed by atoms with Crippen LogP contribution in [0.15, 0.2) is 72.8 Å². The standard InChI is InChI=1S/C54H72N2O12/c1-55(25-21-39-33-49(63-7)51(65-9)35-41(39)43(55)29-37-17-19-45(59-3)47(31-37)61-5)23-13-27-67-53(57)15-11-12-16-54(58)68-28-14-24-56(2)26-22-40-34-50(64-8)52(66-10)36-42(40)44(56)30-38-18-20-46(60-4)48(32-38)62-6/h11-12,17-20,31-36,43-44H,13-16,21-30H2,1-10H3/q+2/b12-11+/t43-,44+,55+,56-. The minimum Gasteiger partial charge on any atom is -0.493 e. The number of esters is 2. The number of benzene rings is 4. The molecule has 0 spiro atoms. The largest absolute Gasteiger partial charge is 0.493 e. The quantitative estimate of drug-likeness (QED) is 0.0291. The summed E-state index contributed by atoms with van der Waals surface area (Å²) in [5.74, 6) is 4.92. The highest BCUT2D eigenvalue weighted by Gasteiger charge is 2.41. The summed E-state index contributed by atoms with van der Waals surface area (Å²) >= 11 is 0. The summed E-state index contributed by atoms with van der Waals surface area (Å²) in [6.07, 6.45) is 8.16. The minimum atomic E-state index is -0.335. The van der Waals surface area contributed by atoms with Crippen molar-refractivity contribution in [2.45, 2.75) is 63.5 Å². The zero-order valence-corrected chi connectivity index (χ0v) is 41.8. The average Bonchev–Trinajstić information content (AvgIpc) is 3.36. The van der Waals surface area contributed by atoms with Gasteiger partial charge in [0.2, 0.25) is 0 Å². The summed E-state index contributed by atoms with van der Waals surface area (Å²) < 4.78 is 57.9. The van der Waals surface area contributed by atoms with Gasteiger partial charge in [-0.1, -0.05) is 24.3 Å². The van der Waals surface area contributed by atoms with Gasteiger partial charge in [0.05, 0.1) is 123 Å². The Kier molecular flexibility index (Phi) is 17.9. The molecule has 68 heavy (non-hydrogen) atoms. The van der Waals surface area contributed by atoms with Gasteiger partial charge < -0.3 is 56.3 Å². The molecule has 2 heterocycles. The molecular weight excluding hydrogens is 869 g/mol. The number of ether oxygens (including phenoxy) is 10. The van der Waals surface area contributed by atoms with Crippen LogP contribution < -0.4 is 37.9 Å². The number of carbonyl (C=O) groups is 2. The van der Waals surface area contributed by atoms with E-state index in [9.17, 15) is 9.59 Å². The number of hydrogen-bond donors (Lipinski definition) is 0. The van der Waals surface area contributed by atoms with Crippen molar-refractivity contribution < 1.29 is 65.9 Å². The number of methoxy groups -OCH3 is 8. The van der Waals surface area contributed by atoms with Crippen LogP contribution in [-0.2, 0) is 44.7 Å². The first-order chi connectivity index (χ1) is 32.9. The van der Waals surface area contributed by atoms with E-state index in [4.69, 9.17) is 47.4 Å². The lowest BCUT2D eigenvalue weighted by Crippen LogP contribution is -2.52. The third-order valence-corrected chi connectivity index (χ3v) is 13.9. The molecule has 4 aromatic rings. The summed E-state index contributed by atoms with van der Waals surface area (Å²) in [5.41, 5.74) is 7.17. The molecule has 0 saturated carbocycles. The molecule has 2 aliphatic rings. The van der Waals surface area contributed by atoms with Crippen molar-refractivity contribution in [1.82, 2.24) is 0 Å². The van der Waals surface area contributed by atoms with Gasteiger partial charge >= 0.3 is 11.9 Å². The van der Waals surface area contributed by atoms with E-state index in [-0.39, 0.29) is 36.9 Å². The fraction of sp³-hybridized carbons (Fsp3) is 0.481. The summed E-state index contributed by atoms with van der Waals surface area (Å²) in [6.45, 7) is 4.01. The Hall–Kier alpha value is -6.12. The highest BCUT2D eigenvalue weighted by molar-refractivity contribution is 5.73. The number of nitrogens with zero attached hydrogens (tertiary/aromatic N) is 2. The summed E-state index contributed by atoms with van der Waals surface area (Å²) in [6, 6.07) is 20.8. The minimum absolute atomic E-state index is 0.0752. The summed E-state index contributed by atoms with van der Waals surface area (Å²) in [4.78, 5) is 25.6. The molecule has 4 atom stereocenters. The van der Waals surface area contributed by atoms with E-state index in [0.29, 0.717) is 60.6 Å². The number of rotatable bonds is 24. The van der Waals surface area contributed by atoms with Crippen molar-refractivity contribution in [2.75, 3.05) is 110 Å². The number of likely N-dealkylation sites (N-methyl/N-ethyl adjacent to an activating group) is 2. The van der Waals surface area contributed by atoms with Crippen LogP contribution in [0.1, 0.15) is 71.1 Å². The first-order valence-electron chi connectivity index (χ1n) is 23.4. The fourth-order valence-corrected chi connectivity index (χ4v) is 10.0. The highest BCUT2D eigenvalue weighted by atomic mass is 16.5. The molecular formula is C54H72N2O12+2. The molecule has 0 N–H and O–H groups in total. The van der Waals surface area contributed by atoms with Crippen LogP contribution in [-0.4, -0.2) is 131 Å². The van der Waals surface area contributed by atoms with Gasteiger partial charge in [-0.3, -0.25) is 9.59 Å². The van der Waals surface area contributed by atoms with Crippen LogP contribution in [0.4, 0.5) is 0 Å². The van der Waals surface area contributed by atoms with Gasteiger partial charge in [-0.15, -0.1) is 0 Å². The molecule has 0 bridgehead atoms. The lowest BCUT2D eigenvalue weighted by atomic mass is 9.86. The Morgan fingerprint density at radius 3 is 1.18 bits per heavy atom. The molecule has 368 valence electrons. The molecule has 4 aromatic carbocycles. The van der Waals surface area contributed by atoms with E-state index >= 15 is 0 Å². The second kappa shape index (κ2) is 23.7. The fourth-order valence-electron chi connectivity index (χ4n) is 10.0. The van der Waals surface area contributed by atoms with Crippen LogP contribution in [0.25, 0.3) is 0 Å². The van der Waals surface area contributed by atoms with Crippen LogP contribution >= 0.6 is 0 Å². The number of fused-ring (bicyclic) bond motifs is 2.